The van der Waals surface area contributed by atoms with Crippen LogP contribution >= 0.6 is 0 Å². The van der Waals surface area contributed by atoms with Crippen LogP contribution in [0.25, 0.3) is 0 Å². The van der Waals surface area contributed by atoms with E-state index in [1.807, 2.05) is 19.0 Å². The smallest absolute Gasteiger partial charge is 0.309 e. The van der Waals surface area contributed by atoms with Gasteiger partial charge in [-0.25, -0.2) is 0 Å². The fraction of sp³-hybridized carbons (Fsp3) is 0.636. The van der Waals surface area contributed by atoms with Gasteiger partial charge in [-0.2, -0.15) is 0 Å². The molecule has 0 amide bonds. The van der Waals surface area contributed by atoms with Crippen molar-refractivity contribution in [2.24, 2.45) is 5.92 Å². The van der Waals surface area contributed by atoms with E-state index in [0.717, 1.165) is 5.57 Å². The van der Waals surface area contributed by atoms with E-state index in [1.165, 1.54) is 7.11 Å². The standard InChI is InChI=1S/C11H17NO3/c1-12(2)7-9-6-8(11(14)15-3)4-5-10(9)13/h7-8H,4-6H2,1-3H3/b9-7+. The zero-order chi connectivity index (χ0) is 11.4. The van der Waals surface area contributed by atoms with E-state index in [9.17, 15) is 9.59 Å². The molecular weight excluding hydrogens is 194 g/mol. The molecule has 1 rings (SSSR count). The van der Waals surface area contributed by atoms with Crippen molar-refractivity contribution in [3.8, 4) is 0 Å². The second-order valence-electron chi connectivity index (χ2n) is 4.00. The molecule has 1 atom stereocenters. The largest absolute Gasteiger partial charge is 0.469 e. The normalized spacial score (nSPS) is 24.1. The van der Waals surface area contributed by atoms with Gasteiger partial charge >= 0.3 is 5.97 Å². The number of nitrogens with zero attached hydrogens (tertiary/aromatic N) is 1. The summed E-state index contributed by atoms with van der Waals surface area (Å²) < 4.78 is 4.69. The molecule has 0 bridgehead atoms. The molecule has 1 fully saturated rings. The first-order chi connectivity index (χ1) is 7.04. The Morgan fingerprint density at radius 3 is 2.73 bits per heavy atom. The van der Waals surface area contributed by atoms with Crippen molar-refractivity contribution in [3.05, 3.63) is 11.8 Å². The Labute approximate surface area is 89.9 Å². The molecule has 0 aromatic rings. The third-order valence-electron chi connectivity index (χ3n) is 2.49. The Kier molecular flexibility index (Phi) is 3.88. The van der Waals surface area contributed by atoms with Crippen molar-refractivity contribution in [2.45, 2.75) is 19.3 Å². The van der Waals surface area contributed by atoms with E-state index < -0.39 is 0 Å². The molecule has 1 saturated carbocycles. The lowest BCUT2D eigenvalue weighted by atomic mass is 9.85. The summed E-state index contributed by atoms with van der Waals surface area (Å²) in [6.45, 7) is 0. The number of carbonyl (C=O) groups is 2. The van der Waals surface area contributed by atoms with Crippen molar-refractivity contribution >= 4 is 11.8 Å². The zero-order valence-corrected chi connectivity index (χ0v) is 9.45. The molecule has 1 unspecified atom stereocenters. The minimum atomic E-state index is -0.216. The Morgan fingerprint density at radius 1 is 1.53 bits per heavy atom. The summed E-state index contributed by atoms with van der Waals surface area (Å²) in [7, 11) is 5.11. The van der Waals surface area contributed by atoms with Crippen LogP contribution in [-0.2, 0) is 14.3 Å². The van der Waals surface area contributed by atoms with Gasteiger partial charge in [0.1, 0.15) is 0 Å². The van der Waals surface area contributed by atoms with E-state index in [4.69, 9.17) is 0 Å². The van der Waals surface area contributed by atoms with Gasteiger partial charge in [0, 0.05) is 32.3 Å². The molecule has 4 heteroatoms. The van der Waals surface area contributed by atoms with Gasteiger partial charge in [-0.05, 0) is 12.8 Å². The maximum atomic E-state index is 11.5. The third kappa shape index (κ3) is 3.08. The molecule has 0 spiro atoms. The molecule has 0 saturated heterocycles. The number of hydrogen-bond acceptors (Lipinski definition) is 4. The predicted molar refractivity (Wildman–Crippen MR) is 56.1 cm³/mol. The summed E-state index contributed by atoms with van der Waals surface area (Å²) in [6, 6.07) is 0. The SMILES string of the molecule is COC(=O)C1CCC(=O)/C(=C/N(C)C)C1. The maximum Gasteiger partial charge on any atom is 0.309 e. The van der Waals surface area contributed by atoms with E-state index in [-0.39, 0.29) is 17.7 Å². The molecule has 0 heterocycles. The Hall–Kier alpha value is -1.32. The maximum absolute atomic E-state index is 11.5. The fourth-order valence-corrected chi connectivity index (χ4v) is 1.75. The van der Waals surface area contributed by atoms with Gasteiger partial charge in [-0.3, -0.25) is 9.59 Å². The van der Waals surface area contributed by atoms with Crippen LogP contribution in [-0.4, -0.2) is 37.9 Å². The molecular formula is C11H17NO3. The zero-order valence-electron chi connectivity index (χ0n) is 9.45. The molecule has 4 nitrogen and oxygen atoms in total. The molecule has 84 valence electrons. The van der Waals surface area contributed by atoms with Crippen LogP contribution < -0.4 is 0 Å². The molecule has 0 aromatic heterocycles. The average molecular weight is 211 g/mol. The average Bonchev–Trinajstić information content (AvgIpc) is 2.19. The molecule has 0 aromatic carbocycles. The molecule has 1 aliphatic carbocycles. The Morgan fingerprint density at radius 2 is 2.20 bits per heavy atom. The van der Waals surface area contributed by atoms with Gasteiger partial charge in [-0.1, -0.05) is 0 Å². The van der Waals surface area contributed by atoms with Crippen LogP contribution in [0.5, 0.6) is 0 Å². The van der Waals surface area contributed by atoms with Crippen LogP contribution in [0.1, 0.15) is 19.3 Å². The van der Waals surface area contributed by atoms with Crippen LogP contribution in [0.2, 0.25) is 0 Å². The van der Waals surface area contributed by atoms with Gasteiger partial charge < -0.3 is 9.64 Å². The highest BCUT2D eigenvalue weighted by Gasteiger charge is 2.29. The molecule has 1 aliphatic rings. The number of methoxy groups -OCH3 is 1. The monoisotopic (exact) mass is 211 g/mol. The van der Waals surface area contributed by atoms with E-state index in [1.54, 1.807) is 6.20 Å². The first-order valence-corrected chi connectivity index (χ1v) is 5.02. The summed E-state index contributed by atoms with van der Waals surface area (Å²) in [5, 5.41) is 0. The first kappa shape index (κ1) is 11.8. The summed E-state index contributed by atoms with van der Waals surface area (Å²) in [6.07, 6.45) is 3.34. The predicted octanol–water partition coefficient (Wildman–Crippen LogP) is 0.974. The number of ketones is 1. The van der Waals surface area contributed by atoms with Gasteiger partial charge in [0.2, 0.25) is 0 Å². The van der Waals surface area contributed by atoms with Crippen molar-refractivity contribution < 1.29 is 14.3 Å². The van der Waals surface area contributed by atoms with Gasteiger partial charge in [0.15, 0.2) is 5.78 Å². The van der Waals surface area contributed by atoms with Crippen molar-refractivity contribution in [1.29, 1.82) is 0 Å². The van der Waals surface area contributed by atoms with E-state index in [2.05, 4.69) is 4.74 Å². The molecule has 15 heavy (non-hydrogen) atoms. The number of esters is 1. The molecule has 0 aliphatic heterocycles. The number of allylic oxidation sites excluding steroid dienone is 1. The fourth-order valence-electron chi connectivity index (χ4n) is 1.75. The van der Waals surface area contributed by atoms with Crippen molar-refractivity contribution in [3.63, 3.8) is 0 Å². The van der Waals surface area contributed by atoms with Gasteiger partial charge in [0.25, 0.3) is 0 Å². The number of hydrogen-bond donors (Lipinski definition) is 0. The number of rotatable bonds is 2. The number of ether oxygens (including phenoxy) is 1. The van der Waals surface area contributed by atoms with Gasteiger partial charge in [0.05, 0.1) is 13.0 Å². The first-order valence-electron chi connectivity index (χ1n) is 5.02. The lowest BCUT2D eigenvalue weighted by molar-refractivity contribution is -0.146. The summed E-state index contributed by atoms with van der Waals surface area (Å²) in [5.74, 6) is -0.227. The molecule has 0 radical (unpaired) electrons. The van der Waals surface area contributed by atoms with E-state index in [0.29, 0.717) is 19.3 Å². The second kappa shape index (κ2) is 4.96. The Bertz CT molecular complexity index is 294. The quantitative estimate of drug-likeness (QED) is 0.504. The van der Waals surface area contributed by atoms with E-state index >= 15 is 0 Å². The topological polar surface area (TPSA) is 46.6 Å². The third-order valence-corrected chi connectivity index (χ3v) is 2.49. The Balaban J connectivity index is 2.72. The summed E-state index contributed by atoms with van der Waals surface area (Å²) >= 11 is 0. The van der Waals surface area contributed by atoms with Crippen molar-refractivity contribution in [1.82, 2.24) is 4.90 Å². The highest BCUT2D eigenvalue weighted by molar-refractivity contribution is 5.97. The highest BCUT2D eigenvalue weighted by atomic mass is 16.5. The minimum absolute atomic E-state index is 0.142. The van der Waals surface area contributed by atoms with Crippen LogP contribution in [0.15, 0.2) is 11.8 Å². The van der Waals surface area contributed by atoms with Crippen LogP contribution in [0.3, 0.4) is 0 Å². The summed E-state index contributed by atoms with van der Waals surface area (Å²) in [5.41, 5.74) is 0.724. The van der Waals surface area contributed by atoms with Crippen LogP contribution in [0, 0.1) is 5.92 Å². The number of Topliss-reactive ketones (excluding diaryl/α,β-unsaturated/α-hetero) is 1. The molecule has 0 N–H and O–H groups in total. The lowest BCUT2D eigenvalue weighted by Gasteiger charge is -2.22. The summed E-state index contributed by atoms with van der Waals surface area (Å²) in [4.78, 5) is 24.7. The van der Waals surface area contributed by atoms with Crippen molar-refractivity contribution in [2.75, 3.05) is 21.2 Å². The van der Waals surface area contributed by atoms with Crippen LogP contribution in [0.4, 0.5) is 0 Å². The second-order valence-corrected chi connectivity index (χ2v) is 4.00. The number of carbonyl (C=O) groups excluding carboxylic acids is 2. The lowest BCUT2D eigenvalue weighted by Crippen LogP contribution is -2.25. The minimum Gasteiger partial charge on any atom is -0.469 e. The van der Waals surface area contributed by atoms with Gasteiger partial charge in [-0.15, -0.1) is 0 Å². The highest BCUT2D eigenvalue weighted by Crippen LogP contribution is 2.26.